The molecule has 0 bridgehead atoms. The molecule has 7 heteroatoms. The van der Waals surface area contributed by atoms with E-state index in [-0.39, 0.29) is 18.6 Å². The van der Waals surface area contributed by atoms with Crippen LogP contribution in [0.25, 0.3) is 0 Å². The molecule has 2 aliphatic rings. The Kier molecular flexibility index (Phi) is 5.71. The number of aromatic nitrogens is 2. The lowest BCUT2D eigenvalue weighted by Gasteiger charge is -2.26. The molecule has 1 atom stereocenters. The summed E-state index contributed by atoms with van der Waals surface area (Å²) in [4.78, 5) is 24.8. The Morgan fingerprint density at radius 3 is 2.75 bits per heavy atom. The van der Waals surface area contributed by atoms with Gasteiger partial charge in [-0.05, 0) is 43.4 Å². The van der Waals surface area contributed by atoms with E-state index in [0.29, 0.717) is 13.0 Å². The third kappa shape index (κ3) is 4.09. The van der Waals surface area contributed by atoms with Crippen LogP contribution in [0.4, 0.5) is 17.3 Å². The number of carbonyl (C=O) groups is 1. The zero-order valence-electron chi connectivity index (χ0n) is 16.0. The largest absolute Gasteiger partial charge is 0.394 e. The average Bonchev–Trinajstić information content (AvgIpc) is 3.22. The Bertz CT molecular complexity index is 811. The number of nitrogens with zero attached hydrogens (tertiary/aromatic N) is 4. The minimum absolute atomic E-state index is 0.146. The normalized spacial score (nSPS) is 19.9. The number of nitrogens with one attached hydrogen (secondary N) is 1. The molecule has 1 aromatic carbocycles. The maximum absolute atomic E-state index is 12.1. The fourth-order valence-electron chi connectivity index (χ4n) is 3.99. The van der Waals surface area contributed by atoms with Crippen molar-refractivity contribution in [2.24, 2.45) is 0 Å². The average molecular weight is 381 g/mol. The first-order valence-electron chi connectivity index (χ1n) is 10.1. The molecule has 0 aliphatic carbocycles. The number of aliphatic hydroxyl groups is 1. The first kappa shape index (κ1) is 18.7. The van der Waals surface area contributed by atoms with Gasteiger partial charge in [-0.1, -0.05) is 12.1 Å². The van der Waals surface area contributed by atoms with Crippen molar-refractivity contribution < 1.29 is 9.90 Å². The zero-order chi connectivity index (χ0) is 19.3. The quantitative estimate of drug-likeness (QED) is 0.800. The van der Waals surface area contributed by atoms with Crippen LogP contribution < -0.4 is 15.1 Å². The maximum Gasteiger partial charge on any atom is 0.226 e. The number of anilines is 3. The van der Waals surface area contributed by atoms with Gasteiger partial charge in [-0.15, -0.1) is 0 Å². The SMILES string of the molecule is O=C1CCCCN1c1ccc(CNc2cc(N3CCCC3CO)ncn2)cc1. The molecule has 2 aliphatic heterocycles. The molecule has 0 spiro atoms. The third-order valence-electron chi connectivity index (χ3n) is 5.58. The molecule has 3 heterocycles. The van der Waals surface area contributed by atoms with Crippen molar-refractivity contribution in [2.45, 2.75) is 44.7 Å². The van der Waals surface area contributed by atoms with Gasteiger partial charge >= 0.3 is 0 Å². The Morgan fingerprint density at radius 2 is 1.96 bits per heavy atom. The molecule has 0 saturated carbocycles. The molecule has 4 rings (SSSR count). The summed E-state index contributed by atoms with van der Waals surface area (Å²) in [5.41, 5.74) is 2.10. The Balaban J connectivity index is 1.38. The third-order valence-corrected chi connectivity index (χ3v) is 5.58. The van der Waals surface area contributed by atoms with Gasteiger partial charge in [0.25, 0.3) is 0 Å². The van der Waals surface area contributed by atoms with Gasteiger partial charge in [0, 0.05) is 37.8 Å². The molecule has 2 saturated heterocycles. The molecule has 28 heavy (non-hydrogen) atoms. The molecular weight excluding hydrogens is 354 g/mol. The van der Waals surface area contributed by atoms with Gasteiger partial charge in [-0.3, -0.25) is 4.79 Å². The molecule has 2 aromatic rings. The minimum atomic E-state index is 0.146. The highest BCUT2D eigenvalue weighted by atomic mass is 16.3. The van der Waals surface area contributed by atoms with Crippen molar-refractivity contribution in [3.8, 4) is 0 Å². The second-order valence-corrected chi connectivity index (χ2v) is 7.46. The summed E-state index contributed by atoms with van der Waals surface area (Å²) >= 11 is 0. The summed E-state index contributed by atoms with van der Waals surface area (Å²) in [5.74, 6) is 1.84. The van der Waals surface area contributed by atoms with E-state index in [1.165, 1.54) is 0 Å². The van der Waals surface area contributed by atoms with Crippen LogP contribution in [0.1, 0.15) is 37.7 Å². The van der Waals surface area contributed by atoms with Crippen LogP contribution in [0.2, 0.25) is 0 Å². The summed E-state index contributed by atoms with van der Waals surface area (Å²) in [6, 6.07) is 10.2. The second kappa shape index (κ2) is 8.56. The number of benzene rings is 1. The van der Waals surface area contributed by atoms with Gasteiger partial charge in [-0.2, -0.15) is 0 Å². The van der Waals surface area contributed by atoms with E-state index in [1.54, 1.807) is 6.33 Å². The van der Waals surface area contributed by atoms with E-state index in [1.807, 2.05) is 23.1 Å². The van der Waals surface area contributed by atoms with E-state index < -0.39 is 0 Å². The topological polar surface area (TPSA) is 81.6 Å². The number of hydrogen-bond donors (Lipinski definition) is 2. The fourth-order valence-corrected chi connectivity index (χ4v) is 3.99. The van der Waals surface area contributed by atoms with Crippen LogP contribution in [0.5, 0.6) is 0 Å². The van der Waals surface area contributed by atoms with Crippen molar-refractivity contribution in [2.75, 3.05) is 34.8 Å². The first-order valence-corrected chi connectivity index (χ1v) is 10.1. The van der Waals surface area contributed by atoms with Crippen LogP contribution in [0.3, 0.4) is 0 Å². The highest BCUT2D eigenvalue weighted by Gasteiger charge is 2.25. The molecule has 2 N–H and O–H groups in total. The lowest BCUT2D eigenvalue weighted by atomic mass is 10.1. The number of rotatable bonds is 6. The smallest absolute Gasteiger partial charge is 0.226 e. The molecule has 1 unspecified atom stereocenters. The summed E-state index contributed by atoms with van der Waals surface area (Å²) in [6.07, 6.45) is 6.34. The summed E-state index contributed by atoms with van der Waals surface area (Å²) in [6.45, 7) is 2.52. The summed E-state index contributed by atoms with van der Waals surface area (Å²) in [5, 5.41) is 12.9. The van der Waals surface area contributed by atoms with Crippen molar-refractivity contribution in [1.29, 1.82) is 0 Å². The number of aliphatic hydroxyl groups excluding tert-OH is 1. The van der Waals surface area contributed by atoms with E-state index in [2.05, 4.69) is 32.3 Å². The summed E-state index contributed by atoms with van der Waals surface area (Å²) < 4.78 is 0. The monoisotopic (exact) mass is 381 g/mol. The predicted octanol–water partition coefficient (Wildman–Crippen LogP) is 2.57. The molecule has 7 nitrogen and oxygen atoms in total. The van der Waals surface area contributed by atoms with Gasteiger partial charge in [0.1, 0.15) is 18.0 Å². The minimum Gasteiger partial charge on any atom is -0.394 e. The molecule has 2 fully saturated rings. The van der Waals surface area contributed by atoms with Gasteiger partial charge < -0.3 is 20.2 Å². The molecule has 1 amide bonds. The number of hydrogen-bond acceptors (Lipinski definition) is 6. The number of piperidine rings is 1. The van der Waals surface area contributed by atoms with Crippen LogP contribution in [0, 0.1) is 0 Å². The standard InChI is InChI=1S/C21H27N5O2/c27-14-18-4-3-11-25(18)20-12-19(23-15-24-20)22-13-16-6-8-17(9-7-16)26-10-2-1-5-21(26)28/h6-9,12,15,18,27H,1-5,10-11,13-14H2,(H,22,23,24). The number of carbonyl (C=O) groups excluding carboxylic acids is 1. The van der Waals surface area contributed by atoms with Gasteiger partial charge in [0.05, 0.1) is 12.6 Å². The van der Waals surface area contributed by atoms with Gasteiger partial charge in [0.15, 0.2) is 0 Å². The fraction of sp³-hybridized carbons (Fsp3) is 0.476. The Labute approximate surface area is 165 Å². The van der Waals surface area contributed by atoms with E-state index >= 15 is 0 Å². The van der Waals surface area contributed by atoms with Crippen LogP contribution in [-0.4, -0.2) is 46.7 Å². The van der Waals surface area contributed by atoms with E-state index in [9.17, 15) is 9.90 Å². The highest BCUT2D eigenvalue weighted by molar-refractivity contribution is 5.93. The molecular formula is C21H27N5O2. The van der Waals surface area contributed by atoms with Crippen LogP contribution in [0.15, 0.2) is 36.7 Å². The first-order chi connectivity index (χ1) is 13.7. The highest BCUT2D eigenvalue weighted by Crippen LogP contribution is 2.25. The Hall–Kier alpha value is -2.67. The zero-order valence-corrected chi connectivity index (χ0v) is 16.0. The molecule has 148 valence electrons. The molecule has 1 aromatic heterocycles. The lowest BCUT2D eigenvalue weighted by Crippen LogP contribution is -2.35. The van der Waals surface area contributed by atoms with Gasteiger partial charge in [0.2, 0.25) is 5.91 Å². The maximum atomic E-state index is 12.1. The summed E-state index contributed by atoms with van der Waals surface area (Å²) in [7, 11) is 0. The van der Waals surface area contributed by atoms with Crippen molar-refractivity contribution in [1.82, 2.24) is 9.97 Å². The molecule has 0 radical (unpaired) electrons. The Morgan fingerprint density at radius 1 is 1.11 bits per heavy atom. The predicted molar refractivity (Wildman–Crippen MR) is 109 cm³/mol. The second-order valence-electron chi connectivity index (χ2n) is 7.46. The van der Waals surface area contributed by atoms with Crippen molar-refractivity contribution >= 4 is 23.2 Å². The van der Waals surface area contributed by atoms with Crippen molar-refractivity contribution in [3.05, 3.63) is 42.2 Å². The van der Waals surface area contributed by atoms with E-state index in [0.717, 1.165) is 61.7 Å². The van der Waals surface area contributed by atoms with E-state index in [4.69, 9.17) is 0 Å². The number of amides is 1. The van der Waals surface area contributed by atoms with Crippen LogP contribution in [-0.2, 0) is 11.3 Å². The lowest BCUT2D eigenvalue weighted by molar-refractivity contribution is -0.119. The van der Waals surface area contributed by atoms with Crippen molar-refractivity contribution in [3.63, 3.8) is 0 Å². The van der Waals surface area contributed by atoms with Gasteiger partial charge in [-0.25, -0.2) is 9.97 Å². The van der Waals surface area contributed by atoms with Crippen LogP contribution >= 0.6 is 0 Å².